The molecule has 1 fully saturated rings. The molecule has 122 valence electrons. The Bertz CT molecular complexity index is 599. The van der Waals surface area contributed by atoms with Crippen LogP contribution >= 0.6 is 0 Å². The summed E-state index contributed by atoms with van der Waals surface area (Å²) >= 11 is 0. The Morgan fingerprint density at radius 1 is 1.39 bits per heavy atom. The summed E-state index contributed by atoms with van der Waals surface area (Å²) in [6.45, 7) is 7.61. The van der Waals surface area contributed by atoms with Crippen molar-refractivity contribution in [3.63, 3.8) is 0 Å². The van der Waals surface area contributed by atoms with Crippen molar-refractivity contribution in [2.45, 2.75) is 6.92 Å². The van der Waals surface area contributed by atoms with Crippen molar-refractivity contribution < 1.29 is 4.79 Å². The molecule has 0 atom stereocenters. The fraction of sp³-hybridized carbons (Fsp3) is 0.412. The number of nitriles is 1. The molecule has 6 heteroatoms. The molecule has 0 aromatic heterocycles. The van der Waals surface area contributed by atoms with Crippen molar-refractivity contribution in [2.75, 3.05) is 44.6 Å². The number of nitrogens with zero attached hydrogens (tertiary/aromatic N) is 2. The van der Waals surface area contributed by atoms with Gasteiger partial charge in [-0.1, -0.05) is 18.2 Å². The standard InChI is InChI=1S/C17H23N5O/c1-14-4-2-3-5-16(14)21-17(23)15(12-18)13-20-8-11-22-9-6-19-7-10-22/h2-5,13,19-20H,6-11H2,1H3,(H,21,23)/b15-13-. The molecular formula is C17H23N5O. The monoisotopic (exact) mass is 313 g/mol. The molecule has 1 aromatic carbocycles. The number of carbonyl (C=O) groups is 1. The summed E-state index contributed by atoms with van der Waals surface area (Å²) < 4.78 is 0. The van der Waals surface area contributed by atoms with Gasteiger partial charge in [0.15, 0.2) is 0 Å². The number of anilines is 1. The molecule has 0 saturated carbocycles. The number of hydrogen-bond donors (Lipinski definition) is 3. The highest BCUT2D eigenvalue weighted by atomic mass is 16.1. The van der Waals surface area contributed by atoms with Gasteiger partial charge in [-0.2, -0.15) is 5.26 Å². The Morgan fingerprint density at radius 2 is 2.13 bits per heavy atom. The van der Waals surface area contributed by atoms with E-state index in [9.17, 15) is 4.79 Å². The fourth-order valence-electron chi connectivity index (χ4n) is 2.38. The van der Waals surface area contributed by atoms with Crippen LogP contribution < -0.4 is 16.0 Å². The first-order chi connectivity index (χ1) is 11.2. The topological polar surface area (TPSA) is 80.2 Å². The molecule has 6 nitrogen and oxygen atoms in total. The van der Waals surface area contributed by atoms with E-state index in [4.69, 9.17) is 5.26 Å². The molecule has 1 saturated heterocycles. The van der Waals surface area contributed by atoms with Crippen molar-refractivity contribution in [3.8, 4) is 6.07 Å². The first-order valence-electron chi connectivity index (χ1n) is 7.84. The molecule has 23 heavy (non-hydrogen) atoms. The summed E-state index contributed by atoms with van der Waals surface area (Å²) in [4.78, 5) is 14.5. The van der Waals surface area contributed by atoms with E-state index < -0.39 is 5.91 Å². The zero-order valence-electron chi connectivity index (χ0n) is 13.4. The van der Waals surface area contributed by atoms with Gasteiger partial charge in [-0.3, -0.25) is 9.69 Å². The summed E-state index contributed by atoms with van der Waals surface area (Å²) in [7, 11) is 0. The predicted molar refractivity (Wildman–Crippen MR) is 90.8 cm³/mol. The molecule has 0 radical (unpaired) electrons. The second-order valence-corrected chi connectivity index (χ2v) is 5.48. The molecule has 1 aliphatic heterocycles. The number of para-hydroxylation sites is 1. The Morgan fingerprint density at radius 3 is 2.83 bits per heavy atom. The molecule has 1 aromatic rings. The van der Waals surface area contributed by atoms with E-state index in [0.29, 0.717) is 6.54 Å². The second-order valence-electron chi connectivity index (χ2n) is 5.48. The third kappa shape index (κ3) is 5.40. The van der Waals surface area contributed by atoms with E-state index in [-0.39, 0.29) is 5.57 Å². The minimum absolute atomic E-state index is 0.0774. The highest BCUT2D eigenvalue weighted by Gasteiger charge is 2.11. The number of benzene rings is 1. The molecular weight excluding hydrogens is 290 g/mol. The zero-order chi connectivity index (χ0) is 16.5. The molecule has 2 rings (SSSR count). The largest absolute Gasteiger partial charge is 0.388 e. The Labute approximate surface area is 137 Å². The van der Waals surface area contributed by atoms with Gasteiger partial charge >= 0.3 is 0 Å². The summed E-state index contributed by atoms with van der Waals surface area (Å²) in [6, 6.07) is 9.43. The SMILES string of the molecule is Cc1ccccc1NC(=O)/C(C#N)=C\NCCN1CCNCC1. The lowest BCUT2D eigenvalue weighted by Gasteiger charge is -2.26. The van der Waals surface area contributed by atoms with E-state index in [2.05, 4.69) is 20.9 Å². The van der Waals surface area contributed by atoms with Gasteiger partial charge in [0.25, 0.3) is 5.91 Å². The van der Waals surface area contributed by atoms with Gasteiger partial charge in [0, 0.05) is 51.2 Å². The van der Waals surface area contributed by atoms with Crippen LogP contribution in [0, 0.1) is 18.3 Å². The van der Waals surface area contributed by atoms with Crippen LogP contribution in [0.3, 0.4) is 0 Å². The third-order valence-electron chi connectivity index (χ3n) is 3.79. The number of hydrogen-bond acceptors (Lipinski definition) is 5. The lowest BCUT2D eigenvalue weighted by molar-refractivity contribution is -0.112. The van der Waals surface area contributed by atoms with Gasteiger partial charge in [-0.25, -0.2) is 0 Å². The normalized spacial score (nSPS) is 15.7. The number of nitrogens with one attached hydrogen (secondary N) is 3. The Hall–Kier alpha value is -2.36. The molecule has 3 N–H and O–H groups in total. The third-order valence-corrected chi connectivity index (χ3v) is 3.79. The maximum atomic E-state index is 12.1. The van der Waals surface area contributed by atoms with E-state index >= 15 is 0 Å². The van der Waals surface area contributed by atoms with Gasteiger partial charge in [-0.15, -0.1) is 0 Å². The van der Waals surface area contributed by atoms with E-state index in [1.807, 2.05) is 37.3 Å². The predicted octanol–water partition coefficient (Wildman–Crippen LogP) is 0.836. The van der Waals surface area contributed by atoms with Crippen LogP contribution in [-0.4, -0.2) is 50.1 Å². The number of piperazine rings is 1. The Kier molecular flexibility index (Phi) is 6.60. The van der Waals surface area contributed by atoms with Crippen LogP contribution in [-0.2, 0) is 4.79 Å². The average molecular weight is 313 g/mol. The quantitative estimate of drug-likeness (QED) is 0.412. The second kappa shape index (κ2) is 8.93. The Balaban J connectivity index is 1.82. The minimum Gasteiger partial charge on any atom is -0.388 e. The van der Waals surface area contributed by atoms with Crippen molar-refractivity contribution in [2.24, 2.45) is 0 Å². The summed E-state index contributed by atoms with van der Waals surface area (Å²) in [5.74, 6) is -0.392. The van der Waals surface area contributed by atoms with E-state index in [1.165, 1.54) is 6.20 Å². The molecule has 1 aliphatic rings. The molecule has 1 heterocycles. The van der Waals surface area contributed by atoms with Crippen LogP contribution in [0.5, 0.6) is 0 Å². The lowest BCUT2D eigenvalue weighted by Crippen LogP contribution is -2.45. The van der Waals surface area contributed by atoms with E-state index in [1.54, 1.807) is 0 Å². The van der Waals surface area contributed by atoms with Crippen LogP contribution in [0.15, 0.2) is 36.0 Å². The van der Waals surface area contributed by atoms with Crippen molar-refractivity contribution >= 4 is 11.6 Å². The number of amides is 1. The molecule has 0 unspecified atom stereocenters. The number of rotatable bonds is 6. The minimum atomic E-state index is -0.392. The fourth-order valence-corrected chi connectivity index (χ4v) is 2.38. The average Bonchev–Trinajstić information content (AvgIpc) is 2.58. The highest BCUT2D eigenvalue weighted by molar-refractivity contribution is 6.06. The first kappa shape index (κ1) is 17.0. The molecule has 0 bridgehead atoms. The van der Waals surface area contributed by atoms with Crippen molar-refractivity contribution in [1.82, 2.24) is 15.5 Å². The maximum Gasteiger partial charge on any atom is 0.267 e. The van der Waals surface area contributed by atoms with E-state index in [0.717, 1.165) is 44.0 Å². The van der Waals surface area contributed by atoms with Crippen LogP contribution in [0.2, 0.25) is 0 Å². The van der Waals surface area contributed by atoms with Gasteiger partial charge in [0.1, 0.15) is 11.6 Å². The van der Waals surface area contributed by atoms with Crippen LogP contribution in [0.25, 0.3) is 0 Å². The first-order valence-corrected chi connectivity index (χ1v) is 7.84. The zero-order valence-corrected chi connectivity index (χ0v) is 13.4. The smallest absolute Gasteiger partial charge is 0.267 e. The molecule has 0 spiro atoms. The maximum absolute atomic E-state index is 12.1. The van der Waals surface area contributed by atoms with Crippen LogP contribution in [0.1, 0.15) is 5.56 Å². The summed E-state index contributed by atoms with van der Waals surface area (Å²) in [5, 5.41) is 18.3. The summed E-state index contributed by atoms with van der Waals surface area (Å²) in [5.41, 5.74) is 1.76. The van der Waals surface area contributed by atoms with Gasteiger partial charge in [-0.05, 0) is 18.6 Å². The van der Waals surface area contributed by atoms with Crippen LogP contribution in [0.4, 0.5) is 5.69 Å². The van der Waals surface area contributed by atoms with Gasteiger partial charge in [0.2, 0.25) is 0 Å². The number of carbonyl (C=O) groups excluding carboxylic acids is 1. The van der Waals surface area contributed by atoms with Gasteiger partial charge < -0.3 is 16.0 Å². The van der Waals surface area contributed by atoms with Gasteiger partial charge in [0.05, 0.1) is 0 Å². The molecule has 0 aliphatic carbocycles. The van der Waals surface area contributed by atoms with Crippen molar-refractivity contribution in [3.05, 3.63) is 41.6 Å². The summed E-state index contributed by atoms with van der Waals surface area (Å²) in [6.07, 6.45) is 1.50. The molecule has 1 amide bonds. The highest BCUT2D eigenvalue weighted by Crippen LogP contribution is 2.13. The number of aryl methyl sites for hydroxylation is 1. The lowest BCUT2D eigenvalue weighted by atomic mass is 10.2. The van der Waals surface area contributed by atoms with Crippen molar-refractivity contribution in [1.29, 1.82) is 5.26 Å².